The van der Waals surface area contributed by atoms with E-state index in [0.717, 1.165) is 22.6 Å². The third-order valence-corrected chi connectivity index (χ3v) is 6.09. The van der Waals surface area contributed by atoms with Crippen LogP contribution in [-0.4, -0.2) is 0 Å². The SMILES string of the molecule is C=C/C(=C\C=C\C)N(c1ccc(C)cc1)c1ccc(/C=C/C=C(c2ccccc2)c2ccccc2)cc1. The molecule has 0 N–H and O–H groups in total. The zero-order valence-corrected chi connectivity index (χ0v) is 21.6. The molecule has 0 saturated heterocycles. The van der Waals surface area contributed by atoms with Gasteiger partial charge in [-0.15, -0.1) is 0 Å². The number of rotatable bonds is 9. The maximum atomic E-state index is 4.07. The summed E-state index contributed by atoms with van der Waals surface area (Å²) in [7, 11) is 0. The molecule has 0 aromatic heterocycles. The second kappa shape index (κ2) is 12.9. The molecule has 0 heterocycles. The van der Waals surface area contributed by atoms with Gasteiger partial charge in [0.2, 0.25) is 0 Å². The highest BCUT2D eigenvalue weighted by molar-refractivity contribution is 5.81. The molecular weight excluding hydrogens is 446 g/mol. The summed E-state index contributed by atoms with van der Waals surface area (Å²) >= 11 is 0. The number of hydrogen-bond acceptors (Lipinski definition) is 1. The molecule has 0 aliphatic rings. The Morgan fingerprint density at radius 2 is 1.19 bits per heavy atom. The van der Waals surface area contributed by atoms with Crippen LogP contribution in [0.3, 0.4) is 0 Å². The van der Waals surface area contributed by atoms with Crippen molar-refractivity contribution in [2.75, 3.05) is 4.90 Å². The predicted molar refractivity (Wildman–Crippen MR) is 162 cm³/mol. The van der Waals surface area contributed by atoms with Crippen molar-refractivity contribution >= 4 is 23.0 Å². The number of allylic oxidation sites excluding steroid dienone is 6. The van der Waals surface area contributed by atoms with Crippen molar-refractivity contribution in [3.63, 3.8) is 0 Å². The van der Waals surface area contributed by atoms with Gasteiger partial charge in [0, 0.05) is 17.1 Å². The number of nitrogens with zero attached hydrogens (tertiary/aromatic N) is 1. The lowest BCUT2D eigenvalue weighted by Crippen LogP contribution is -2.14. The zero-order valence-electron chi connectivity index (χ0n) is 21.6. The molecule has 0 fully saturated rings. The summed E-state index contributed by atoms with van der Waals surface area (Å²) in [6.07, 6.45) is 14.5. The molecule has 0 spiro atoms. The number of hydrogen-bond donors (Lipinski definition) is 0. The lowest BCUT2D eigenvalue weighted by Gasteiger charge is -2.26. The first kappa shape index (κ1) is 25.5. The Hall–Kier alpha value is -4.62. The van der Waals surface area contributed by atoms with Gasteiger partial charge in [-0.2, -0.15) is 0 Å². The van der Waals surface area contributed by atoms with Gasteiger partial charge in [0.1, 0.15) is 0 Å². The van der Waals surface area contributed by atoms with Crippen molar-refractivity contribution in [2.45, 2.75) is 13.8 Å². The van der Waals surface area contributed by atoms with E-state index in [1.165, 1.54) is 22.3 Å². The van der Waals surface area contributed by atoms with Crippen LogP contribution >= 0.6 is 0 Å². The predicted octanol–water partition coefficient (Wildman–Crippen LogP) is 9.92. The van der Waals surface area contributed by atoms with E-state index in [1.54, 1.807) is 0 Å². The Morgan fingerprint density at radius 1 is 0.649 bits per heavy atom. The fourth-order valence-electron chi connectivity index (χ4n) is 4.15. The minimum absolute atomic E-state index is 1.02. The first-order valence-corrected chi connectivity index (χ1v) is 12.6. The Bertz CT molecular complexity index is 1360. The van der Waals surface area contributed by atoms with E-state index in [4.69, 9.17) is 0 Å². The summed E-state index contributed by atoms with van der Waals surface area (Å²) in [5.41, 5.74) is 9.18. The second-order valence-corrected chi connectivity index (χ2v) is 8.76. The van der Waals surface area contributed by atoms with Crippen LogP contribution in [0, 0.1) is 6.92 Å². The van der Waals surface area contributed by atoms with Crippen LogP contribution in [0.4, 0.5) is 11.4 Å². The molecule has 0 amide bonds. The van der Waals surface area contributed by atoms with E-state index in [2.05, 4.69) is 152 Å². The van der Waals surface area contributed by atoms with Crippen LogP contribution in [0.15, 0.2) is 158 Å². The molecule has 4 rings (SSSR count). The molecular formula is C36H33N. The van der Waals surface area contributed by atoms with E-state index >= 15 is 0 Å². The summed E-state index contributed by atoms with van der Waals surface area (Å²) < 4.78 is 0. The van der Waals surface area contributed by atoms with Gasteiger partial charge < -0.3 is 4.90 Å². The van der Waals surface area contributed by atoms with Gasteiger partial charge >= 0.3 is 0 Å². The van der Waals surface area contributed by atoms with Crippen molar-refractivity contribution in [1.29, 1.82) is 0 Å². The number of benzene rings is 4. The first-order chi connectivity index (χ1) is 18.2. The third kappa shape index (κ3) is 6.74. The van der Waals surface area contributed by atoms with Gasteiger partial charge in [0.25, 0.3) is 0 Å². The van der Waals surface area contributed by atoms with Crippen molar-refractivity contribution in [3.8, 4) is 0 Å². The molecule has 0 atom stereocenters. The molecule has 4 aromatic carbocycles. The van der Waals surface area contributed by atoms with Gasteiger partial charge in [-0.05, 0) is 72.5 Å². The zero-order chi connectivity index (χ0) is 25.9. The van der Waals surface area contributed by atoms with Crippen molar-refractivity contribution in [3.05, 3.63) is 180 Å². The van der Waals surface area contributed by atoms with E-state index in [1.807, 2.05) is 25.2 Å². The summed E-state index contributed by atoms with van der Waals surface area (Å²) in [5.74, 6) is 0. The van der Waals surface area contributed by atoms with E-state index in [-0.39, 0.29) is 0 Å². The molecule has 37 heavy (non-hydrogen) atoms. The average Bonchev–Trinajstić information content (AvgIpc) is 2.95. The molecule has 1 heteroatoms. The summed E-state index contributed by atoms with van der Waals surface area (Å²) in [6, 6.07) is 38.2. The summed E-state index contributed by atoms with van der Waals surface area (Å²) in [6.45, 7) is 8.19. The van der Waals surface area contributed by atoms with E-state index < -0.39 is 0 Å². The molecule has 0 aliphatic heterocycles. The van der Waals surface area contributed by atoms with Crippen LogP contribution in [0.1, 0.15) is 29.2 Å². The molecule has 182 valence electrons. The lowest BCUT2D eigenvalue weighted by atomic mass is 9.97. The molecule has 0 bridgehead atoms. The van der Waals surface area contributed by atoms with Crippen molar-refractivity contribution in [1.82, 2.24) is 0 Å². The molecule has 4 aromatic rings. The maximum absolute atomic E-state index is 4.07. The van der Waals surface area contributed by atoms with Gasteiger partial charge in [-0.25, -0.2) is 0 Å². The third-order valence-electron chi connectivity index (χ3n) is 6.09. The number of aryl methyl sites for hydroxylation is 1. The Morgan fingerprint density at radius 3 is 1.70 bits per heavy atom. The molecule has 0 radical (unpaired) electrons. The molecule has 0 saturated carbocycles. The van der Waals surface area contributed by atoms with Crippen LogP contribution in [0.2, 0.25) is 0 Å². The highest BCUT2D eigenvalue weighted by atomic mass is 15.1. The Labute approximate surface area is 221 Å². The largest absolute Gasteiger partial charge is 0.311 e. The second-order valence-electron chi connectivity index (χ2n) is 8.76. The standard InChI is InChI=1S/C36H33N/c1-4-6-19-33(5-2)37(34-25-21-29(3)22-26-34)35-27-23-30(24-28-35)14-13-20-36(31-15-9-7-10-16-31)32-17-11-8-12-18-32/h4-28H,2H2,1,3H3/b6-4+,14-13+,33-19+. The van der Waals surface area contributed by atoms with Gasteiger partial charge in [0.05, 0.1) is 0 Å². The highest BCUT2D eigenvalue weighted by Crippen LogP contribution is 2.31. The smallest absolute Gasteiger partial charge is 0.0462 e. The van der Waals surface area contributed by atoms with Gasteiger partial charge in [-0.1, -0.05) is 127 Å². The average molecular weight is 480 g/mol. The topological polar surface area (TPSA) is 3.24 Å². The molecule has 0 unspecified atom stereocenters. The van der Waals surface area contributed by atoms with E-state index in [0.29, 0.717) is 0 Å². The molecule has 0 aliphatic carbocycles. The minimum Gasteiger partial charge on any atom is -0.311 e. The van der Waals surface area contributed by atoms with Crippen LogP contribution in [0.5, 0.6) is 0 Å². The summed E-state index contributed by atoms with van der Waals surface area (Å²) in [4.78, 5) is 2.22. The van der Waals surface area contributed by atoms with Crippen LogP contribution in [0.25, 0.3) is 11.6 Å². The van der Waals surface area contributed by atoms with Crippen LogP contribution < -0.4 is 4.90 Å². The van der Waals surface area contributed by atoms with E-state index in [9.17, 15) is 0 Å². The maximum Gasteiger partial charge on any atom is 0.0462 e. The van der Waals surface area contributed by atoms with Crippen molar-refractivity contribution in [2.24, 2.45) is 0 Å². The van der Waals surface area contributed by atoms with Crippen molar-refractivity contribution < 1.29 is 0 Å². The highest BCUT2D eigenvalue weighted by Gasteiger charge is 2.12. The van der Waals surface area contributed by atoms with Gasteiger partial charge in [-0.3, -0.25) is 0 Å². The Kier molecular flexibility index (Phi) is 8.88. The van der Waals surface area contributed by atoms with Crippen LogP contribution in [-0.2, 0) is 0 Å². The summed E-state index contributed by atoms with van der Waals surface area (Å²) in [5, 5.41) is 0. The fraction of sp³-hybridized carbons (Fsp3) is 0.0556. The Balaban J connectivity index is 1.64. The minimum atomic E-state index is 1.02. The monoisotopic (exact) mass is 479 g/mol. The lowest BCUT2D eigenvalue weighted by molar-refractivity contribution is 1.20. The first-order valence-electron chi connectivity index (χ1n) is 12.6. The fourth-order valence-corrected chi connectivity index (χ4v) is 4.15. The normalized spacial score (nSPS) is 11.6. The quantitative estimate of drug-likeness (QED) is 0.216. The number of anilines is 2. The van der Waals surface area contributed by atoms with Gasteiger partial charge in [0.15, 0.2) is 0 Å². The molecule has 1 nitrogen and oxygen atoms in total.